The molecule has 2 heterocycles. The van der Waals surface area contributed by atoms with E-state index >= 15 is 0 Å². The SMILES string of the molecule is Cc1ccc(Cn2nc(C)c(NC(=S)NCCCn3ccc(C)n3)c2C)cc1. The Morgan fingerprint density at radius 3 is 2.46 bits per heavy atom. The summed E-state index contributed by atoms with van der Waals surface area (Å²) in [4.78, 5) is 0. The van der Waals surface area contributed by atoms with E-state index in [0.29, 0.717) is 5.11 Å². The highest BCUT2D eigenvalue weighted by Crippen LogP contribution is 2.20. The molecule has 0 spiro atoms. The Labute approximate surface area is 172 Å². The Morgan fingerprint density at radius 2 is 1.79 bits per heavy atom. The van der Waals surface area contributed by atoms with Crippen LogP contribution in [0.25, 0.3) is 0 Å². The zero-order valence-electron chi connectivity index (χ0n) is 17.0. The van der Waals surface area contributed by atoms with E-state index in [0.717, 1.165) is 48.8 Å². The van der Waals surface area contributed by atoms with Gasteiger partial charge in [0.15, 0.2) is 5.11 Å². The zero-order valence-corrected chi connectivity index (χ0v) is 17.8. The smallest absolute Gasteiger partial charge is 0.170 e. The fourth-order valence-corrected chi connectivity index (χ4v) is 3.29. The zero-order chi connectivity index (χ0) is 20.1. The van der Waals surface area contributed by atoms with Crippen LogP contribution in [0.5, 0.6) is 0 Å². The normalized spacial score (nSPS) is 10.9. The van der Waals surface area contributed by atoms with Gasteiger partial charge in [0.25, 0.3) is 0 Å². The second-order valence-corrected chi connectivity index (χ2v) is 7.55. The van der Waals surface area contributed by atoms with Crippen molar-refractivity contribution in [3.05, 3.63) is 64.7 Å². The van der Waals surface area contributed by atoms with Gasteiger partial charge in [0.2, 0.25) is 0 Å². The Kier molecular flexibility index (Phi) is 6.46. The van der Waals surface area contributed by atoms with Crippen molar-refractivity contribution in [3.63, 3.8) is 0 Å². The minimum atomic E-state index is 0.623. The van der Waals surface area contributed by atoms with E-state index in [1.54, 1.807) is 0 Å². The monoisotopic (exact) mass is 396 g/mol. The third-order valence-electron chi connectivity index (χ3n) is 4.70. The van der Waals surface area contributed by atoms with Crippen LogP contribution >= 0.6 is 12.2 Å². The number of thiocarbonyl (C=S) groups is 1. The number of rotatable bonds is 7. The fourth-order valence-electron chi connectivity index (χ4n) is 3.09. The molecule has 0 amide bonds. The van der Waals surface area contributed by atoms with E-state index in [1.807, 2.05) is 35.5 Å². The average Bonchev–Trinajstić information content (AvgIpc) is 3.19. The van der Waals surface area contributed by atoms with Crippen LogP contribution in [0.1, 0.15) is 34.6 Å². The highest BCUT2D eigenvalue weighted by atomic mass is 32.1. The number of nitrogens with zero attached hydrogens (tertiary/aromatic N) is 4. The lowest BCUT2D eigenvalue weighted by molar-refractivity contribution is 0.570. The van der Waals surface area contributed by atoms with Crippen LogP contribution in [0.2, 0.25) is 0 Å². The Bertz CT molecular complexity index is 938. The molecule has 0 radical (unpaired) electrons. The van der Waals surface area contributed by atoms with Crippen molar-refractivity contribution < 1.29 is 0 Å². The first-order valence-corrected chi connectivity index (χ1v) is 9.97. The molecular formula is C21H28N6S. The summed E-state index contributed by atoms with van der Waals surface area (Å²) in [5, 5.41) is 16.3. The maximum atomic E-state index is 5.46. The Hall–Kier alpha value is -2.67. The van der Waals surface area contributed by atoms with Gasteiger partial charge in [-0.2, -0.15) is 10.2 Å². The molecule has 0 atom stereocenters. The lowest BCUT2D eigenvalue weighted by Gasteiger charge is -2.11. The molecule has 28 heavy (non-hydrogen) atoms. The van der Waals surface area contributed by atoms with Crippen LogP contribution in [-0.4, -0.2) is 31.2 Å². The summed E-state index contributed by atoms with van der Waals surface area (Å²) in [6.07, 6.45) is 2.95. The van der Waals surface area contributed by atoms with Crippen molar-refractivity contribution in [2.45, 2.75) is 47.2 Å². The molecule has 0 aliphatic heterocycles. The van der Waals surface area contributed by atoms with Gasteiger partial charge >= 0.3 is 0 Å². The number of aryl methyl sites for hydroxylation is 4. The lowest BCUT2D eigenvalue weighted by Crippen LogP contribution is -2.30. The predicted octanol–water partition coefficient (Wildman–Crippen LogP) is 3.74. The number of aromatic nitrogens is 4. The van der Waals surface area contributed by atoms with Crippen molar-refractivity contribution in [1.29, 1.82) is 0 Å². The molecule has 0 unspecified atom stereocenters. The second kappa shape index (κ2) is 9.01. The first kappa shape index (κ1) is 20.1. The van der Waals surface area contributed by atoms with E-state index in [4.69, 9.17) is 12.2 Å². The minimum Gasteiger partial charge on any atom is -0.362 e. The van der Waals surface area contributed by atoms with Crippen molar-refractivity contribution in [2.75, 3.05) is 11.9 Å². The molecule has 2 N–H and O–H groups in total. The van der Waals surface area contributed by atoms with E-state index in [-0.39, 0.29) is 0 Å². The van der Waals surface area contributed by atoms with Gasteiger partial charge in [0.1, 0.15) is 0 Å². The predicted molar refractivity (Wildman–Crippen MR) is 118 cm³/mol. The molecule has 0 saturated carbocycles. The summed E-state index contributed by atoms with van der Waals surface area (Å²) in [7, 11) is 0. The van der Waals surface area contributed by atoms with Gasteiger partial charge in [-0.15, -0.1) is 0 Å². The summed E-state index contributed by atoms with van der Waals surface area (Å²) < 4.78 is 3.97. The summed E-state index contributed by atoms with van der Waals surface area (Å²) in [5.74, 6) is 0. The summed E-state index contributed by atoms with van der Waals surface area (Å²) in [6, 6.07) is 10.6. The molecule has 3 aromatic rings. The van der Waals surface area contributed by atoms with Crippen LogP contribution in [0.3, 0.4) is 0 Å². The van der Waals surface area contributed by atoms with E-state index in [2.05, 4.69) is 58.9 Å². The fraction of sp³-hybridized carbons (Fsp3) is 0.381. The first-order chi connectivity index (χ1) is 13.4. The number of hydrogen-bond donors (Lipinski definition) is 2. The summed E-state index contributed by atoms with van der Waals surface area (Å²) in [5.41, 5.74) is 6.54. The lowest BCUT2D eigenvalue weighted by atomic mass is 10.1. The molecule has 7 heteroatoms. The minimum absolute atomic E-state index is 0.623. The van der Waals surface area contributed by atoms with Crippen LogP contribution in [0.4, 0.5) is 5.69 Å². The number of anilines is 1. The van der Waals surface area contributed by atoms with Crippen molar-refractivity contribution in [3.8, 4) is 0 Å². The van der Waals surface area contributed by atoms with E-state index in [1.165, 1.54) is 11.1 Å². The maximum absolute atomic E-state index is 5.46. The van der Waals surface area contributed by atoms with Crippen molar-refractivity contribution in [2.24, 2.45) is 0 Å². The number of benzene rings is 1. The standard InChI is InChI=1S/C21H28N6S/c1-15-6-8-19(9-7-15)14-27-18(4)20(17(3)25-27)23-21(28)22-11-5-12-26-13-10-16(2)24-26/h6-10,13H,5,11-12,14H2,1-4H3,(H2,22,23,28). The van der Waals surface area contributed by atoms with Gasteiger partial charge in [-0.25, -0.2) is 0 Å². The average molecular weight is 397 g/mol. The maximum Gasteiger partial charge on any atom is 0.170 e. The van der Waals surface area contributed by atoms with Crippen molar-refractivity contribution >= 4 is 23.0 Å². The van der Waals surface area contributed by atoms with E-state index < -0.39 is 0 Å². The van der Waals surface area contributed by atoms with Crippen LogP contribution in [-0.2, 0) is 13.1 Å². The van der Waals surface area contributed by atoms with Gasteiger partial charge in [-0.05, 0) is 58.0 Å². The highest BCUT2D eigenvalue weighted by molar-refractivity contribution is 7.80. The molecule has 1 aromatic carbocycles. The molecule has 0 fully saturated rings. The van der Waals surface area contributed by atoms with Crippen LogP contribution < -0.4 is 10.6 Å². The van der Waals surface area contributed by atoms with Gasteiger partial charge < -0.3 is 10.6 Å². The van der Waals surface area contributed by atoms with Gasteiger partial charge in [-0.1, -0.05) is 29.8 Å². The molecule has 6 nitrogen and oxygen atoms in total. The summed E-state index contributed by atoms with van der Waals surface area (Å²) in [6.45, 7) is 10.6. The molecular weight excluding hydrogens is 368 g/mol. The number of hydrogen-bond acceptors (Lipinski definition) is 3. The quantitative estimate of drug-likeness (QED) is 0.471. The molecule has 3 rings (SSSR count). The Balaban J connectivity index is 1.52. The molecule has 0 aliphatic carbocycles. The molecule has 0 saturated heterocycles. The third-order valence-corrected chi connectivity index (χ3v) is 4.94. The van der Waals surface area contributed by atoms with Gasteiger partial charge in [0, 0.05) is 19.3 Å². The van der Waals surface area contributed by atoms with E-state index in [9.17, 15) is 0 Å². The largest absolute Gasteiger partial charge is 0.362 e. The topological polar surface area (TPSA) is 59.7 Å². The van der Waals surface area contributed by atoms with Gasteiger partial charge in [0.05, 0.1) is 29.3 Å². The van der Waals surface area contributed by atoms with Crippen LogP contribution in [0, 0.1) is 27.7 Å². The molecule has 148 valence electrons. The Morgan fingerprint density at radius 1 is 1.04 bits per heavy atom. The van der Waals surface area contributed by atoms with Crippen molar-refractivity contribution in [1.82, 2.24) is 24.9 Å². The van der Waals surface area contributed by atoms with Gasteiger partial charge in [-0.3, -0.25) is 9.36 Å². The third kappa shape index (κ3) is 5.19. The first-order valence-electron chi connectivity index (χ1n) is 9.57. The number of nitrogens with one attached hydrogen (secondary N) is 2. The van der Waals surface area contributed by atoms with Crippen LogP contribution in [0.15, 0.2) is 36.5 Å². The molecule has 0 aliphatic rings. The molecule has 0 bridgehead atoms. The summed E-state index contributed by atoms with van der Waals surface area (Å²) >= 11 is 5.46. The second-order valence-electron chi connectivity index (χ2n) is 7.14. The molecule has 2 aromatic heterocycles. The highest BCUT2D eigenvalue weighted by Gasteiger charge is 2.13.